The maximum Gasteiger partial charge on any atom is -1.00 e. The third-order valence-corrected chi connectivity index (χ3v) is 3.46. The Morgan fingerprint density at radius 1 is 1.67 bits per heavy atom. The minimum absolute atomic E-state index is 0. The fourth-order valence-electron chi connectivity index (χ4n) is 0.690. The van der Waals surface area contributed by atoms with Crippen LogP contribution in [0.3, 0.4) is 0 Å². The molecule has 0 atom stereocenters. The zero-order valence-corrected chi connectivity index (χ0v) is 12.0. The van der Waals surface area contributed by atoms with Crippen LogP contribution in [-0.2, 0) is 23.0 Å². The summed E-state index contributed by atoms with van der Waals surface area (Å²) >= 11 is 2.62. The molecule has 0 aromatic carbocycles. The second-order valence-corrected chi connectivity index (χ2v) is 5.83. The van der Waals surface area contributed by atoms with Gasteiger partial charge in [0.05, 0.1) is 0 Å². The molecule has 0 aliphatic heterocycles. The van der Waals surface area contributed by atoms with Crippen molar-refractivity contribution in [1.29, 1.82) is 0 Å². The van der Waals surface area contributed by atoms with E-state index in [-0.39, 0.29) is 23.0 Å². The molecule has 0 radical (unpaired) electrons. The Balaban J connectivity index is 0.00000121. The first-order valence-corrected chi connectivity index (χ1v) is 5.63. The summed E-state index contributed by atoms with van der Waals surface area (Å²) in [5.74, 6) is -0.197. The van der Waals surface area contributed by atoms with Crippen molar-refractivity contribution in [1.82, 2.24) is 0 Å². The Bertz CT molecular complexity index is 262. The summed E-state index contributed by atoms with van der Waals surface area (Å²) in [4.78, 5) is 11.8. The van der Waals surface area contributed by atoms with Crippen LogP contribution in [0.4, 0.5) is 0 Å². The minimum Gasteiger partial charge on any atom is -1.00 e. The maximum atomic E-state index is 11.1. The van der Waals surface area contributed by atoms with E-state index in [1.165, 1.54) is 14.8 Å². The summed E-state index contributed by atoms with van der Waals surface area (Å²) in [6, 6.07) is 3.79. The summed E-state index contributed by atoms with van der Waals surface area (Å²) in [6.07, 6.45) is 0. The van der Waals surface area contributed by atoms with Crippen LogP contribution in [0.1, 0.15) is 16.6 Å². The van der Waals surface area contributed by atoms with Gasteiger partial charge in [0.25, 0.3) is 0 Å². The molecule has 1 rings (SSSR count). The van der Waals surface area contributed by atoms with Crippen molar-refractivity contribution in [3.8, 4) is 0 Å². The Morgan fingerprint density at radius 2 is 2.33 bits per heavy atom. The predicted molar refractivity (Wildman–Crippen MR) is 39.9 cm³/mol. The fraction of sp³-hybridized carbons (Fsp3) is 0.286. The molecule has 5 heteroatoms. The number of hydrogen-bond donors (Lipinski definition) is 0. The van der Waals surface area contributed by atoms with Gasteiger partial charge in [0.2, 0.25) is 0 Å². The zero-order chi connectivity index (χ0) is 8.27. The van der Waals surface area contributed by atoms with Gasteiger partial charge < -0.3 is 17.0 Å². The van der Waals surface area contributed by atoms with Gasteiger partial charge in [-0.15, -0.1) is 0 Å². The second-order valence-electron chi connectivity index (χ2n) is 1.99. The molecule has 12 heavy (non-hydrogen) atoms. The number of halogens is 1. The van der Waals surface area contributed by atoms with Crippen molar-refractivity contribution >= 4 is 20.8 Å². The molecule has 0 aliphatic rings. The number of thiophene rings is 1. The summed E-state index contributed by atoms with van der Waals surface area (Å²) in [5, 5.41) is 0. The van der Waals surface area contributed by atoms with Gasteiger partial charge in [0.1, 0.15) is 0 Å². The van der Waals surface area contributed by atoms with Crippen LogP contribution >= 0.6 is 11.3 Å². The Morgan fingerprint density at radius 3 is 2.75 bits per heavy atom. The van der Waals surface area contributed by atoms with Gasteiger partial charge in [-0.2, -0.15) is 0 Å². The molecule has 0 spiro atoms. The van der Waals surface area contributed by atoms with Crippen molar-refractivity contribution in [2.45, 2.75) is 6.92 Å². The van der Waals surface area contributed by atoms with Crippen molar-refractivity contribution in [3.05, 3.63) is 17.0 Å². The quantitative estimate of drug-likeness (QED) is 0.471. The summed E-state index contributed by atoms with van der Waals surface area (Å²) in [5.41, 5.74) is 0. The number of rotatable bonds is 2. The average Bonchev–Trinajstić information content (AvgIpc) is 2.36. The van der Waals surface area contributed by atoms with Gasteiger partial charge in [0, 0.05) is 0 Å². The molecule has 2 nitrogen and oxygen atoms in total. The Hall–Kier alpha value is 0.273. The molecular weight excluding hydrogens is 293 g/mol. The normalized spacial score (nSPS) is 8.92. The molecule has 1 aromatic heterocycles. The third kappa shape index (κ3) is 3.34. The van der Waals surface area contributed by atoms with Gasteiger partial charge in [-0.1, -0.05) is 0 Å². The Kier molecular flexibility index (Phi) is 5.97. The van der Waals surface area contributed by atoms with Crippen LogP contribution < -0.4 is 20.5 Å². The number of carbonyl (C=O) groups is 1. The standard InChI is InChI=1S/C7H7O2S.BrH.Zn/c1-2-9-7(8)6-4-3-5-10-6;;/h3-4H,2H2,1H3;1H;/q;;+1/p-1. The van der Waals surface area contributed by atoms with Crippen LogP contribution in [0.2, 0.25) is 0 Å². The van der Waals surface area contributed by atoms with E-state index in [0.717, 1.165) is 18.3 Å². The van der Waals surface area contributed by atoms with E-state index in [1.807, 2.05) is 19.1 Å². The molecule has 0 amide bonds. The van der Waals surface area contributed by atoms with E-state index < -0.39 is 0 Å². The van der Waals surface area contributed by atoms with Crippen LogP contribution in [-0.4, -0.2) is 12.6 Å². The van der Waals surface area contributed by atoms with Crippen molar-refractivity contribution in [2.24, 2.45) is 0 Å². The molecule has 1 heterocycles. The summed E-state index contributed by atoms with van der Waals surface area (Å²) < 4.78 is 6.08. The molecule has 0 unspecified atom stereocenters. The minimum atomic E-state index is -0.197. The first kappa shape index (κ1) is 12.3. The van der Waals surface area contributed by atoms with Crippen molar-refractivity contribution < 1.29 is 44.8 Å². The number of ether oxygens (including phenoxy) is 1. The van der Waals surface area contributed by atoms with Crippen LogP contribution in [0.5, 0.6) is 0 Å². The fourth-order valence-corrected chi connectivity index (χ4v) is 2.61. The molecule has 0 N–H and O–H groups in total. The van der Waals surface area contributed by atoms with Gasteiger partial charge >= 0.3 is 79.2 Å². The SMILES string of the molecule is CCOC(=O)c1cc[c]([Zn+])s1.[Br-]. The first-order valence-electron chi connectivity index (χ1n) is 3.33. The van der Waals surface area contributed by atoms with Crippen molar-refractivity contribution in [3.63, 3.8) is 0 Å². The van der Waals surface area contributed by atoms with E-state index in [4.69, 9.17) is 4.74 Å². The van der Waals surface area contributed by atoms with E-state index >= 15 is 0 Å². The molecule has 62 valence electrons. The topological polar surface area (TPSA) is 26.3 Å². The van der Waals surface area contributed by atoms with Crippen molar-refractivity contribution in [2.75, 3.05) is 6.61 Å². The monoisotopic (exact) mass is 298 g/mol. The smallest absolute Gasteiger partial charge is 1.00 e. The zero-order valence-electron chi connectivity index (χ0n) is 6.67. The third-order valence-electron chi connectivity index (χ3n) is 1.14. The van der Waals surface area contributed by atoms with Gasteiger partial charge in [-0.05, 0) is 0 Å². The van der Waals surface area contributed by atoms with Gasteiger partial charge in [0.15, 0.2) is 0 Å². The van der Waals surface area contributed by atoms with E-state index in [0.29, 0.717) is 11.5 Å². The molecule has 0 aliphatic carbocycles. The summed E-state index contributed by atoms with van der Waals surface area (Å²) in [6.45, 7) is 2.26. The molecule has 1 aromatic rings. The van der Waals surface area contributed by atoms with E-state index in [1.54, 1.807) is 0 Å². The molecule has 0 saturated heterocycles. The van der Waals surface area contributed by atoms with E-state index in [2.05, 4.69) is 0 Å². The van der Waals surface area contributed by atoms with Crippen LogP contribution in [0.25, 0.3) is 0 Å². The number of carbonyl (C=O) groups excluding carboxylic acids is 1. The van der Waals surface area contributed by atoms with Gasteiger partial charge in [-0.3, -0.25) is 0 Å². The Labute approximate surface area is 95.8 Å². The summed E-state index contributed by atoms with van der Waals surface area (Å²) in [7, 11) is 0. The maximum absolute atomic E-state index is 11.1. The predicted octanol–water partition coefficient (Wildman–Crippen LogP) is -1.90. The van der Waals surface area contributed by atoms with E-state index in [9.17, 15) is 4.79 Å². The second kappa shape index (κ2) is 5.84. The van der Waals surface area contributed by atoms with Crippen LogP contribution in [0.15, 0.2) is 12.1 Å². The first-order chi connectivity index (χ1) is 5.24. The molecule has 0 saturated carbocycles. The number of hydrogen-bond acceptors (Lipinski definition) is 3. The molecule has 0 fully saturated rings. The number of esters is 1. The van der Waals surface area contributed by atoms with Gasteiger partial charge in [-0.25, -0.2) is 0 Å². The average molecular weight is 300 g/mol. The largest absolute Gasteiger partial charge is 1.00 e. The molecule has 0 bridgehead atoms. The molecular formula is C7H7BrO2SZn. The van der Waals surface area contributed by atoms with Crippen LogP contribution in [0, 0.1) is 0 Å².